The normalized spacial score (nSPS) is 17.3. The molecule has 8 heteroatoms. The van der Waals surface area contributed by atoms with E-state index < -0.39 is 11.0 Å². The molecule has 7 nitrogen and oxygen atoms in total. The van der Waals surface area contributed by atoms with Crippen LogP contribution in [0.15, 0.2) is 24.3 Å². The van der Waals surface area contributed by atoms with Crippen molar-refractivity contribution in [1.29, 1.82) is 0 Å². The summed E-state index contributed by atoms with van der Waals surface area (Å²) in [6, 6.07) is 5.05. The molecule has 0 saturated carbocycles. The molecular formula is C15H19N3O4S. The summed E-state index contributed by atoms with van der Waals surface area (Å²) < 4.78 is 0. The Morgan fingerprint density at radius 1 is 1.48 bits per heavy atom. The van der Waals surface area contributed by atoms with Crippen LogP contribution in [-0.4, -0.2) is 45.9 Å². The highest BCUT2D eigenvalue weighted by molar-refractivity contribution is 7.99. The Balaban J connectivity index is 2.13. The molecule has 0 radical (unpaired) electrons. The third-order valence-corrected chi connectivity index (χ3v) is 4.45. The van der Waals surface area contributed by atoms with Gasteiger partial charge in [0.2, 0.25) is 5.91 Å². The molecule has 1 aliphatic rings. The lowest BCUT2D eigenvalue weighted by Crippen LogP contribution is -2.47. The maximum atomic E-state index is 12.6. The van der Waals surface area contributed by atoms with Crippen molar-refractivity contribution in [2.24, 2.45) is 5.92 Å². The molecule has 124 valence electrons. The molecule has 0 bridgehead atoms. The van der Waals surface area contributed by atoms with E-state index in [1.807, 2.05) is 13.8 Å². The summed E-state index contributed by atoms with van der Waals surface area (Å²) in [5.41, 5.74) is 0.0897. The highest BCUT2D eigenvalue weighted by Crippen LogP contribution is 2.24. The van der Waals surface area contributed by atoms with Crippen molar-refractivity contribution in [3.8, 4) is 0 Å². The molecule has 23 heavy (non-hydrogen) atoms. The van der Waals surface area contributed by atoms with Gasteiger partial charge in [-0.05, 0) is 12.0 Å². The van der Waals surface area contributed by atoms with Crippen molar-refractivity contribution < 1.29 is 14.5 Å². The molecule has 0 unspecified atom stereocenters. The third kappa shape index (κ3) is 4.22. The minimum atomic E-state index is -0.539. The lowest BCUT2D eigenvalue weighted by atomic mass is 10.1. The monoisotopic (exact) mass is 337 g/mol. The number of carbonyl (C=O) groups is 2. The van der Waals surface area contributed by atoms with Crippen LogP contribution in [0.4, 0.5) is 5.69 Å². The Bertz CT molecular complexity index is 620. The van der Waals surface area contributed by atoms with Crippen molar-refractivity contribution >= 4 is 29.3 Å². The van der Waals surface area contributed by atoms with Gasteiger partial charge in [-0.3, -0.25) is 19.7 Å². The van der Waals surface area contributed by atoms with Gasteiger partial charge >= 0.3 is 0 Å². The van der Waals surface area contributed by atoms with Gasteiger partial charge in [0.05, 0.1) is 10.8 Å². The van der Waals surface area contributed by atoms with Crippen LogP contribution in [0.25, 0.3) is 0 Å². The number of hydrogen-bond acceptors (Lipinski definition) is 5. The van der Waals surface area contributed by atoms with Crippen LogP contribution in [0.1, 0.15) is 24.2 Å². The van der Waals surface area contributed by atoms with Crippen molar-refractivity contribution in [1.82, 2.24) is 10.2 Å². The predicted molar refractivity (Wildman–Crippen MR) is 88.2 cm³/mol. The summed E-state index contributed by atoms with van der Waals surface area (Å²) in [6.07, 6.45) is 0. The van der Waals surface area contributed by atoms with E-state index >= 15 is 0 Å². The molecule has 0 spiro atoms. The zero-order valence-corrected chi connectivity index (χ0v) is 13.8. The average molecular weight is 337 g/mol. The fourth-order valence-corrected chi connectivity index (χ4v) is 3.35. The van der Waals surface area contributed by atoms with Gasteiger partial charge < -0.3 is 10.2 Å². The summed E-state index contributed by atoms with van der Waals surface area (Å²) in [5.74, 6) is 0.728. The van der Waals surface area contributed by atoms with Crippen molar-refractivity contribution in [3.63, 3.8) is 0 Å². The summed E-state index contributed by atoms with van der Waals surface area (Å²) in [4.78, 5) is 36.6. The van der Waals surface area contributed by atoms with Gasteiger partial charge in [0.15, 0.2) is 0 Å². The molecule has 2 amide bonds. The molecule has 1 aromatic carbocycles. The van der Waals surface area contributed by atoms with E-state index in [-0.39, 0.29) is 23.1 Å². The van der Waals surface area contributed by atoms with Crippen LogP contribution in [0.3, 0.4) is 0 Å². The number of benzene rings is 1. The number of rotatable bonds is 5. The van der Waals surface area contributed by atoms with E-state index in [2.05, 4.69) is 5.32 Å². The SMILES string of the molecule is CC(C)CNC(=O)[C@@H]1CSCN1C(=O)c1cccc([N+](=O)[O-])c1. The first-order chi connectivity index (χ1) is 10.9. The first-order valence-corrected chi connectivity index (χ1v) is 8.46. The first kappa shape index (κ1) is 17.3. The van der Waals surface area contributed by atoms with Crippen LogP contribution < -0.4 is 5.32 Å². The van der Waals surface area contributed by atoms with E-state index in [0.717, 1.165) is 0 Å². The van der Waals surface area contributed by atoms with Gasteiger partial charge in [0.25, 0.3) is 11.6 Å². The molecule has 1 fully saturated rings. The number of nitrogens with zero attached hydrogens (tertiary/aromatic N) is 2. The van der Waals surface area contributed by atoms with Crippen molar-refractivity contribution in [2.75, 3.05) is 18.2 Å². The standard InChI is InChI=1S/C15H19N3O4S/c1-10(2)7-16-14(19)13-8-23-9-17(13)15(20)11-4-3-5-12(6-11)18(21)22/h3-6,10,13H,7-9H2,1-2H3,(H,16,19)/t13-/m0/s1. The van der Waals surface area contributed by atoms with Crippen molar-refractivity contribution in [2.45, 2.75) is 19.9 Å². The van der Waals surface area contributed by atoms with E-state index in [1.54, 1.807) is 0 Å². The van der Waals surface area contributed by atoms with Gasteiger partial charge in [0.1, 0.15) is 6.04 Å². The molecule has 2 rings (SSSR count). The van der Waals surface area contributed by atoms with Crippen LogP contribution in [-0.2, 0) is 4.79 Å². The molecular weight excluding hydrogens is 318 g/mol. The molecule has 1 N–H and O–H groups in total. The van der Waals surface area contributed by atoms with Gasteiger partial charge in [-0.15, -0.1) is 11.8 Å². The predicted octanol–water partition coefficient (Wildman–Crippen LogP) is 1.88. The fraction of sp³-hybridized carbons (Fsp3) is 0.467. The Hall–Kier alpha value is -2.09. The summed E-state index contributed by atoms with van der Waals surface area (Å²) in [6.45, 7) is 4.55. The quantitative estimate of drug-likeness (QED) is 0.654. The van der Waals surface area contributed by atoms with E-state index in [9.17, 15) is 19.7 Å². The van der Waals surface area contributed by atoms with E-state index in [4.69, 9.17) is 0 Å². The molecule has 1 aliphatic heterocycles. The van der Waals surface area contributed by atoms with Crippen LogP contribution in [0.2, 0.25) is 0 Å². The number of non-ortho nitro benzene ring substituents is 1. The number of hydrogen-bond donors (Lipinski definition) is 1. The second-order valence-electron chi connectivity index (χ2n) is 5.74. The summed E-state index contributed by atoms with van der Waals surface area (Å²) in [5, 5.41) is 13.7. The summed E-state index contributed by atoms with van der Waals surface area (Å²) in [7, 11) is 0. The zero-order chi connectivity index (χ0) is 17.0. The smallest absolute Gasteiger partial charge is 0.270 e. The Kier molecular flexibility index (Phi) is 5.59. The Labute approximate surface area is 138 Å². The maximum absolute atomic E-state index is 12.6. The number of thioether (sulfide) groups is 1. The lowest BCUT2D eigenvalue weighted by molar-refractivity contribution is -0.384. The van der Waals surface area contributed by atoms with Crippen LogP contribution >= 0.6 is 11.8 Å². The lowest BCUT2D eigenvalue weighted by Gasteiger charge is -2.23. The highest BCUT2D eigenvalue weighted by Gasteiger charge is 2.35. The second-order valence-corrected chi connectivity index (χ2v) is 6.74. The largest absolute Gasteiger partial charge is 0.354 e. The molecule has 1 heterocycles. The minimum absolute atomic E-state index is 0.136. The fourth-order valence-electron chi connectivity index (χ4n) is 2.20. The van der Waals surface area contributed by atoms with Gasteiger partial charge in [0, 0.05) is 30.0 Å². The number of nitro benzene ring substituents is 1. The van der Waals surface area contributed by atoms with E-state index in [1.165, 1.54) is 40.9 Å². The average Bonchev–Trinajstić information content (AvgIpc) is 3.01. The molecule has 0 aliphatic carbocycles. The molecule has 1 aromatic rings. The zero-order valence-electron chi connectivity index (χ0n) is 13.0. The second kappa shape index (κ2) is 7.45. The first-order valence-electron chi connectivity index (χ1n) is 7.31. The van der Waals surface area contributed by atoms with Gasteiger partial charge in [-0.2, -0.15) is 0 Å². The van der Waals surface area contributed by atoms with Crippen molar-refractivity contribution in [3.05, 3.63) is 39.9 Å². The van der Waals surface area contributed by atoms with E-state index in [0.29, 0.717) is 24.1 Å². The highest BCUT2D eigenvalue weighted by atomic mass is 32.2. The number of carbonyl (C=O) groups excluding carboxylic acids is 2. The number of amides is 2. The Morgan fingerprint density at radius 3 is 2.87 bits per heavy atom. The van der Waals surface area contributed by atoms with Gasteiger partial charge in [-0.25, -0.2) is 0 Å². The topological polar surface area (TPSA) is 92.6 Å². The molecule has 1 saturated heterocycles. The van der Waals surface area contributed by atoms with Crippen LogP contribution in [0, 0.1) is 16.0 Å². The minimum Gasteiger partial charge on any atom is -0.354 e. The van der Waals surface area contributed by atoms with Crippen LogP contribution in [0.5, 0.6) is 0 Å². The number of nitro groups is 1. The maximum Gasteiger partial charge on any atom is 0.270 e. The number of nitrogens with one attached hydrogen (secondary N) is 1. The Morgan fingerprint density at radius 2 is 2.22 bits per heavy atom. The third-order valence-electron chi connectivity index (χ3n) is 3.43. The molecule has 1 atom stereocenters. The summed E-state index contributed by atoms with van der Waals surface area (Å²) >= 11 is 1.50. The van der Waals surface area contributed by atoms with Gasteiger partial charge in [-0.1, -0.05) is 19.9 Å². The molecule has 0 aromatic heterocycles.